The summed E-state index contributed by atoms with van der Waals surface area (Å²) >= 11 is 3.19. The summed E-state index contributed by atoms with van der Waals surface area (Å²) in [5.41, 5.74) is -0.557. The molecule has 0 saturated heterocycles. The molecule has 0 saturated carbocycles. The number of amides is 1. The fraction of sp³-hybridized carbons (Fsp3) is 0. The number of hydrogen-bond acceptors (Lipinski definition) is 4. The van der Waals surface area contributed by atoms with Crippen LogP contribution in [0.25, 0.3) is 16.6 Å². The zero-order valence-corrected chi connectivity index (χ0v) is 12.9. The molecule has 2 heterocycles. The van der Waals surface area contributed by atoms with E-state index in [1.807, 2.05) is 5.32 Å². The van der Waals surface area contributed by atoms with E-state index in [2.05, 4.69) is 25.9 Å². The molecule has 0 atom stereocenters. The summed E-state index contributed by atoms with van der Waals surface area (Å²) in [4.78, 5) is 31.6. The molecule has 0 aliphatic carbocycles. The normalized spacial score (nSPS) is 10.7. The lowest BCUT2D eigenvalue weighted by atomic mass is 10.2. The fourth-order valence-electron chi connectivity index (χ4n) is 2.12. The SMILES string of the molecule is O=C(O)Nc1nc2c(F)ccc(Br)c2c(=O)n1-c1cccnc1. The van der Waals surface area contributed by atoms with Gasteiger partial charge < -0.3 is 5.11 Å². The minimum atomic E-state index is -1.43. The Kier molecular flexibility index (Phi) is 3.78. The third-order valence-corrected chi connectivity index (χ3v) is 3.71. The Bertz CT molecular complexity index is 975. The summed E-state index contributed by atoms with van der Waals surface area (Å²) in [6.45, 7) is 0. The molecule has 1 aromatic carbocycles. The number of pyridine rings is 1. The molecule has 3 aromatic rings. The molecule has 0 fully saturated rings. The number of aromatic nitrogens is 3. The first-order chi connectivity index (χ1) is 11.0. The second-order valence-corrected chi connectivity index (χ2v) is 5.32. The van der Waals surface area contributed by atoms with Crippen LogP contribution in [-0.4, -0.2) is 25.7 Å². The highest BCUT2D eigenvalue weighted by molar-refractivity contribution is 9.10. The molecule has 23 heavy (non-hydrogen) atoms. The monoisotopic (exact) mass is 378 g/mol. The van der Waals surface area contributed by atoms with Gasteiger partial charge in [0, 0.05) is 10.7 Å². The first kappa shape index (κ1) is 15.1. The number of nitrogens with one attached hydrogen (secondary N) is 1. The van der Waals surface area contributed by atoms with Crippen LogP contribution < -0.4 is 10.9 Å². The number of carbonyl (C=O) groups is 1. The van der Waals surface area contributed by atoms with Crippen LogP contribution in [0.4, 0.5) is 15.1 Å². The molecule has 116 valence electrons. The number of fused-ring (bicyclic) bond motifs is 1. The van der Waals surface area contributed by atoms with Crippen molar-refractivity contribution < 1.29 is 14.3 Å². The third-order valence-electron chi connectivity index (χ3n) is 3.05. The molecule has 0 aliphatic heterocycles. The van der Waals surface area contributed by atoms with Crippen LogP contribution >= 0.6 is 15.9 Å². The van der Waals surface area contributed by atoms with Gasteiger partial charge in [0.2, 0.25) is 5.95 Å². The van der Waals surface area contributed by atoms with Crippen molar-refractivity contribution in [1.82, 2.24) is 14.5 Å². The maximum Gasteiger partial charge on any atom is 0.411 e. The number of benzene rings is 1. The van der Waals surface area contributed by atoms with Gasteiger partial charge in [-0.15, -0.1) is 0 Å². The van der Waals surface area contributed by atoms with Gasteiger partial charge in [0.05, 0.1) is 17.3 Å². The number of carboxylic acid groups (broad SMARTS) is 1. The van der Waals surface area contributed by atoms with Crippen molar-refractivity contribution in [2.75, 3.05) is 5.32 Å². The van der Waals surface area contributed by atoms with Crippen molar-refractivity contribution in [2.45, 2.75) is 0 Å². The highest BCUT2D eigenvalue weighted by Gasteiger charge is 2.18. The van der Waals surface area contributed by atoms with E-state index in [0.29, 0.717) is 10.2 Å². The van der Waals surface area contributed by atoms with Crippen LogP contribution in [0.5, 0.6) is 0 Å². The Hall–Kier alpha value is -2.81. The summed E-state index contributed by atoms with van der Waals surface area (Å²) in [5, 5.41) is 11.0. The largest absolute Gasteiger partial charge is 0.465 e. The molecule has 0 spiro atoms. The summed E-state index contributed by atoms with van der Waals surface area (Å²) in [6.07, 6.45) is 1.45. The van der Waals surface area contributed by atoms with E-state index >= 15 is 0 Å². The number of halogens is 2. The molecule has 7 nitrogen and oxygen atoms in total. The van der Waals surface area contributed by atoms with E-state index in [1.165, 1.54) is 18.5 Å². The quantitative estimate of drug-likeness (QED) is 0.714. The van der Waals surface area contributed by atoms with Crippen molar-refractivity contribution in [3.05, 3.63) is 57.3 Å². The highest BCUT2D eigenvalue weighted by atomic mass is 79.9. The van der Waals surface area contributed by atoms with Crippen molar-refractivity contribution in [3.63, 3.8) is 0 Å². The van der Waals surface area contributed by atoms with Crippen LogP contribution in [0.2, 0.25) is 0 Å². The first-order valence-electron chi connectivity index (χ1n) is 6.30. The number of hydrogen-bond donors (Lipinski definition) is 2. The third kappa shape index (κ3) is 2.66. The van der Waals surface area contributed by atoms with E-state index < -0.39 is 17.5 Å². The second-order valence-electron chi connectivity index (χ2n) is 4.47. The van der Waals surface area contributed by atoms with Gasteiger partial charge in [0.1, 0.15) is 11.3 Å². The maximum atomic E-state index is 14.0. The Balaban J connectivity index is 2.45. The lowest BCUT2D eigenvalue weighted by Crippen LogP contribution is -2.26. The summed E-state index contributed by atoms with van der Waals surface area (Å²) in [5.74, 6) is -1.05. The molecule has 9 heteroatoms. The van der Waals surface area contributed by atoms with Gasteiger partial charge in [0.25, 0.3) is 5.56 Å². The van der Waals surface area contributed by atoms with Crippen molar-refractivity contribution in [1.29, 1.82) is 0 Å². The Labute approximate surface area is 136 Å². The second kappa shape index (κ2) is 5.76. The average molecular weight is 379 g/mol. The molecule has 2 aromatic heterocycles. The van der Waals surface area contributed by atoms with Crippen molar-refractivity contribution in [2.24, 2.45) is 0 Å². The van der Waals surface area contributed by atoms with E-state index in [1.54, 1.807) is 12.1 Å². The van der Waals surface area contributed by atoms with Crippen LogP contribution in [-0.2, 0) is 0 Å². The Morgan fingerprint density at radius 3 is 2.78 bits per heavy atom. The van der Waals surface area contributed by atoms with Gasteiger partial charge >= 0.3 is 6.09 Å². The van der Waals surface area contributed by atoms with E-state index in [0.717, 1.165) is 10.6 Å². The predicted molar refractivity (Wildman–Crippen MR) is 84.4 cm³/mol. The minimum absolute atomic E-state index is 0.00444. The van der Waals surface area contributed by atoms with E-state index in [4.69, 9.17) is 5.11 Å². The lowest BCUT2D eigenvalue weighted by molar-refractivity contribution is 0.209. The summed E-state index contributed by atoms with van der Waals surface area (Å²) in [6, 6.07) is 5.66. The summed E-state index contributed by atoms with van der Waals surface area (Å²) in [7, 11) is 0. The first-order valence-corrected chi connectivity index (χ1v) is 7.09. The summed E-state index contributed by atoms with van der Waals surface area (Å²) < 4.78 is 15.4. The molecule has 0 radical (unpaired) electrons. The Morgan fingerprint density at radius 2 is 2.13 bits per heavy atom. The number of nitrogens with zero attached hydrogens (tertiary/aromatic N) is 3. The minimum Gasteiger partial charge on any atom is -0.465 e. The molecule has 2 N–H and O–H groups in total. The highest BCUT2D eigenvalue weighted by Crippen LogP contribution is 2.24. The standard InChI is InChI=1S/C14H8BrFN4O3/c15-8-3-4-9(16)11-10(8)12(21)20(7-2-1-5-17-6-7)13(18-11)19-14(22)23/h1-6H,(H,18,19)(H,22,23). The van der Waals surface area contributed by atoms with Crippen LogP contribution in [0.15, 0.2) is 45.9 Å². The van der Waals surface area contributed by atoms with Crippen molar-refractivity contribution in [3.8, 4) is 5.69 Å². The topological polar surface area (TPSA) is 97.1 Å². The van der Waals surface area contributed by atoms with Gasteiger partial charge in [-0.1, -0.05) is 0 Å². The van der Waals surface area contributed by atoms with Crippen LogP contribution in [0.1, 0.15) is 0 Å². The molecular formula is C14H8BrFN4O3. The molecule has 0 unspecified atom stereocenters. The van der Waals surface area contributed by atoms with Gasteiger partial charge in [-0.05, 0) is 40.2 Å². The Morgan fingerprint density at radius 1 is 1.35 bits per heavy atom. The smallest absolute Gasteiger partial charge is 0.411 e. The van der Waals surface area contributed by atoms with Crippen molar-refractivity contribution >= 4 is 38.9 Å². The van der Waals surface area contributed by atoms with E-state index in [-0.39, 0.29) is 16.9 Å². The zero-order chi connectivity index (χ0) is 16.6. The zero-order valence-electron chi connectivity index (χ0n) is 11.3. The molecule has 0 bridgehead atoms. The predicted octanol–water partition coefficient (Wildman–Crippen LogP) is 2.77. The number of anilines is 1. The van der Waals surface area contributed by atoms with Crippen LogP contribution in [0, 0.1) is 5.82 Å². The van der Waals surface area contributed by atoms with Gasteiger partial charge in [-0.2, -0.15) is 0 Å². The van der Waals surface area contributed by atoms with Gasteiger partial charge in [-0.3, -0.25) is 15.1 Å². The molecule has 0 aliphatic rings. The molecule has 1 amide bonds. The number of rotatable bonds is 2. The fourth-order valence-corrected chi connectivity index (χ4v) is 2.61. The lowest BCUT2D eigenvalue weighted by Gasteiger charge is -2.13. The molecular weight excluding hydrogens is 371 g/mol. The van der Waals surface area contributed by atoms with E-state index in [9.17, 15) is 14.0 Å². The molecule has 3 rings (SSSR count). The van der Waals surface area contributed by atoms with Gasteiger partial charge in [-0.25, -0.2) is 18.7 Å². The average Bonchev–Trinajstić information content (AvgIpc) is 2.51. The van der Waals surface area contributed by atoms with Crippen LogP contribution in [0.3, 0.4) is 0 Å². The van der Waals surface area contributed by atoms with Gasteiger partial charge in [0.15, 0.2) is 0 Å². The maximum absolute atomic E-state index is 14.0.